The highest BCUT2D eigenvalue weighted by atomic mass is 32.2. The first-order valence-electron chi connectivity index (χ1n) is 17.0. The van der Waals surface area contributed by atoms with Gasteiger partial charge >= 0.3 is 0 Å². The Bertz CT molecular complexity index is 1830. The van der Waals surface area contributed by atoms with E-state index >= 15 is 4.39 Å². The van der Waals surface area contributed by atoms with E-state index in [4.69, 9.17) is 4.74 Å². The number of amides is 2. The van der Waals surface area contributed by atoms with E-state index in [0.717, 1.165) is 46.9 Å². The first-order valence-corrected chi connectivity index (χ1v) is 19.6. The lowest BCUT2D eigenvalue weighted by molar-refractivity contribution is -0.140. The van der Waals surface area contributed by atoms with Crippen molar-refractivity contribution in [2.45, 2.75) is 73.9 Å². The number of hydrogen-bond donors (Lipinski definition) is 1. The second-order valence-electron chi connectivity index (χ2n) is 12.3. The Labute approximate surface area is 299 Å². The number of para-hydroxylation sites is 2. The molecule has 5 rings (SSSR count). The number of carbonyl (C=O) groups excluding carboxylic acids is 2. The van der Waals surface area contributed by atoms with Gasteiger partial charge in [-0.25, -0.2) is 12.8 Å². The molecule has 11 heteroatoms. The maximum absolute atomic E-state index is 15.3. The van der Waals surface area contributed by atoms with E-state index in [1.807, 2.05) is 36.6 Å². The van der Waals surface area contributed by atoms with Gasteiger partial charge in [-0.3, -0.25) is 13.9 Å². The number of nitrogens with zero attached hydrogens (tertiary/aromatic N) is 2. The minimum atomic E-state index is -4.34. The number of anilines is 1. The number of benzene rings is 4. The zero-order valence-electron chi connectivity index (χ0n) is 28.5. The van der Waals surface area contributed by atoms with Crippen LogP contribution in [0.5, 0.6) is 5.75 Å². The highest BCUT2D eigenvalue weighted by Gasteiger charge is 2.36. The van der Waals surface area contributed by atoms with Crippen molar-refractivity contribution in [3.8, 4) is 5.75 Å². The fourth-order valence-electron chi connectivity index (χ4n) is 6.24. The van der Waals surface area contributed by atoms with Crippen molar-refractivity contribution >= 4 is 39.3 Å². The molecule has 1 N–H and O–H groups in total. The number of hydrogen-bond acceptors (Lipinski definition) is 6. The van der Waals surface area contributed by atoms with Crippen LogP contribution >= 0.6 is 11.8 Å². The number of sulfonamides is 1. The quantitative estimate of drug-likeness (QED) is 0.131. The fraction of sp³-hybridized carbons (Fsp3) is 0.333. The lowest BCUT2D eigenvalue weighted by Gasteiger charge is -2.35. The van der Waals surface area contributed by atoms with Crippen LogP contribution in [-0.2, 0) is 32.6 Å². The minimum Gasteiger partial charge on any atom is -0.492 e. The number of thioether (sulfide) groups is 1. The summed E-state index contributed by atoms with van der Waals surface area (Å²) in [7, 11) is -4.34. The second kappa shape index (κ2) is 17.5. The molecule has 2 amide bonds. The van der Waals surface area contributed by atoms with E-state index in [0.29, 0.717) is 0 Å². The van der Waals surface area contributed by atoms with Gasteiger partial charge in [0.05, 0.1) is 17.2 Å². The van der Waals surface area contributed by atoms with E-state index in [2.05, 4.69) is 5.32 Å². The summed E-state index contributed by atoms with van der Waals surface area (Å²) in [6, 6.07) is 27.4. The molecular weight excluding hydrogens is 674 g/mol. The van der Waals surface area contributed by atoms with E-state index in [-0.39, 0.29) is 53.4 Å². The van der Waals surface area contributed by atoms with Crippen molar-refractivity contribution < 1.29 is 27.1 Å². The summed E-state index contributed by atoms with van der Waals surface area (Å²) >= 11 is 1.48. The average molecular weight is 718 g/mol. The van der Waals surface area contributed by atoms with Gasteiger partial charge in [-0.05, 0) is 74.0 Å². The average Bonchev–Trinajstić information content (AvgIpc) is 3.14. The summed E-state index contributed by atoms with van der Waals surface area (Å²) in [4.78, 5) is 31.2. The maximum atomic E-state index is 15.3. The molecule has 0 spiro atoms. The lowest BCUT2D eigenvalue weighted by atomic mass is 9.94. The lowest BCUT2D eigenvalue weighted by Crippen LogP contribution is -2.55. The van der Waals surface area contributed by atoms with E-state index in [1.54, 1.807) is 61.5 Å². The Balaban J connectivity index is 1.60. The van der Waals surface area contributed by atoms with Crippen molar-refractivity contribution in [3.63, 3.8) is 0 Å². The van der Waals surface area contributed by atoms with Gasteiger partial charge in [0.2, 0.25) is 11.8 Å². The third-order valence-corrected chi connectivity index (χ3v) is 11.4. The predicted octanol–water partition coefficient (Wildman–Crippen LogP) is 7.23. The minimum absolute atomic E-state index is 0.00840. The molecule has 4 aromatic carbocycles. The van der Waals surface area contributed by atoms with E-state index in [1.165, 1.54) is 34.9 Å². The number of rotatable bonds is 15. The molecule has 1 atom stereocenters. The van der Waals surface area contributed by atoms with Crippen LogP contribution in [-0.4, -0.2) is 56.6 Å². The van der Waals surface area contributed by atoms with Crippen molar-refractivity contribution in [2.75, 3.05) is 23.7 Å². The Kier molecular flexibility index (Phi) is 12.9. The van der Waals surface area contributed by atoms with Crippen LogP contribution in [0.1, 0.15) is 50.2 Å². The van der Waals surface area contributed by atoms with E-state index < -0.39 is 34.3 Å². The molecule has 1 saturated carbocycles. The van der Waals surface area contributed by atoms with Gasteiger partial charge in [0, 0.05) is 29.5 Å². The number of ether oxygens (including phenoxy) is 1. The molecule has 0 bridgehead atoms. The largest absolute Gasteiger partial charge is 0.492 e. The van der Waals surface area contributed by atoms with E-state index in [9.17, 15) is 18.0 Å². The zero-order valence-corrected chi connectivity index (χ0v) is 30.1. The second-order valence-corrected chi connectivity index (χ2v) is 15.0. The van der Waals surface area contributed by atoms with Gasteiger partial charge in [0.1, 0.15) is 24.2 Å². The van der Waals surface area contributed by atoms with Gasteiger partial charge < -0.3 is 15.0 Å². The molecule has 0 heterocycles. The number of halogens is 1. The Hall–Kier alpha value is -4.35. The third-order valence-electron chi connectivity index (χ3n) is 8.88. The SMILES string of the molecule is CCOc1ccccc1N(CC(=O)N(Cc1ccccc1F)[C@@H](Cc1ccccc1)C(=O)NC1CCCCC1)S(=O)(=O)c1ccc(SC)cc1. The molecule has 0 radical (unpaired) electrons. The summed E-state index contributed by atoms with van der Waals surface area (Å²) in [6.07, 6.45) is 6.81. The molecule has 4 aromatic rings. The summed E-state index contributed by atoms with van der Waals surface area (Å²) in [6.45, 7) is 1.15. The number of nitrogens with one attached hydrogen (secondary N) is 1. The Morgan fingerprint density at radius 3 is 2.24 bits per heavy atom. The summed E-state index contributed by atoms with van der Waals surface area (Å²) < 4.78 is 51.1. The normalized spacial score (nSPS) is 14.1. The fourth-order valence-corrected chi connectivity index (χ4v) is 8.07. The highest BCUT2D eigenvalue weighted by Crippen LogP contribution is 2.33. The van der Waals surface area contributed by atoms with Crippen molar-refractivity contribution in [1.82, 2.24) is 10.2 Å². The molecule has 1 aliphatic carbocycles. The van der Waals surface area contributed by atoms with Crippen LogP contribution in [0.3, 0.4) is 0 Å². The third kappa shape index (κ3) is 9.25. The van der Waals surface area contributed by atoms with Gasteiger partial charge in [0.25, 0.3) is 10.0 Å². The zero-order chi connectivity index (χ0) is 35.5. The molecule has 264 valence electrons. The maximum Gasteiger partial charge on any atom is 0.264 e. The van der Waals surface area contributed by atoms with Crippen molar-refractivity contribution in [1.29, 1.82) is 0 Å². The smallest absolute Gasteiger partial charge is 0.264 e. The summed E-state index contributed by atoms with van der Waals surface area (Å²) in [5, 5.41) is 3.17. The van der Waals surface area contributed by atoms with Gasteiger partial charge in [-0.1, -0.05) is 79.9 Å². The molecule has 1 fully saturated rings. The van der Waals surface area contributed by atoms with Gasteiger partial charge in [0.15, 0.2) is 0 Å². The first-order chi connectivity index (χ1) is 24.2. The molecule has 8 nitrogen and oxygen atoms in total. The number of carbonyl (C=O) groups is 2. The standard InChI is InChI=1S/C39H44FN3O5S2/c1-3-48-37-21-13-12-20-35(37)43(50(46,47)33-24-22-32(49-2)23-25-33)28-38(44)42(27-30-16-10-11-19-34(30)40)36(26-29-14-6-4-7-15-29)39(45)41-31-17-8-5-9-18-31/h4,6-7,10-16,19-25,31,36H,3,5,8-9,17-18,26-28H2,1-2H3,(H,41,45)/t36-/m0/s1. The van der Waals surface area contributed by atoms with Gasteiger partial charge in [-0.2, -0.15) is 0 Å². The van der Waals surface area contributed by atoms with Crippen molar-refractivity contribution in [3.05, 3.63) is 120 Å². The monoisotopic (exact) mass is 717 g/mol. The van der Waals surface area contributed by atoms with Crippen LogP contribution < -0.4 is 14.4 Å². The first kappa shape index (κ1) is 36.9. The summed E-state index contributed by atoms with van der Waals surface area (Å²) in [5.41, 5.74) is 1.19. The van der Waals surface area contributed by atoms with Crippen LogP contribution in [0.15, 0.2) is 113 Å². The Morgan fingerprint density at radius 1 is 0.900 bits per heavy atom. The topological polar surface area (TPSA) is 96.0 Å². The molecule has 0 saturated heterocycles. The molecule has 0 aliphatic heterocycles. The van der Waals surface area contributed by atoms with Gasteiger partial charge in [-0.15, -0.1) is 11.8 Å². The molecular formula is C39H44FN3O5S2. The summed E-state index contributed by atoms with van der Waals surface area (Å²) in [5.74, 6) is -1.27. The predicted molar refractivity (Wildman–Crippen MR) is 196 cm³/mol. The van der Waals surface area contributed by atoms with Crippen LogP contribution in [0.4, 0.5) is 10.1 Å². The molecule has 1 aliphatic rings. The molecule has 50 heavy (non-hydrogen) atoms. The Morgan fingerprint density at radius 2 is 1.56 bits per heavy atom. The van der Waals surface area contributed by atoms with Crippen LogP contribution in [0.25, 0.3) is 0 Å². The van der Waals surface area contributed by atoms with Crippen molar-refractivity contribution in [2.24, 2.45) is 0 Å². The molecule has 0 unspecified atom stereocenters. The van der Waals surface area contributed by atoms with Crippen LogP contribution in [0.2, 0.25) is 0 Å². The molecule has 0 aromatic heterocycles. The highest BCUT2D eigenvalue weighted by molar-refractivity contribution is 7.98. The van der Waals surface area contributed by atoms with Crippen LogP contribution in [0, 0.1) is 5.82 Å².